The number of Topliss-reactive ketones (excluding diaryl/α,β-unsaturated/α-hetero) is 1. The highest BCUT2D eigenvalue weighted by Gasteiger charge is 2.12. The molecule has 0 atom stereocenters. The fourth-order valence-corrected chi connectivity index (χ4v) is 1.23. The average molecular weight is 269 g/mol. The zero-order valence-electron chi connectivity index (χ0n) is 9.85. The van der Waals surface area contributed by atoms with Crippen molar-refractivity contribution in [1.82, 2.24) is 0 Å². The third-order valence-electron chi connectivity index (χ3n) is 1.93. The van der Waals surface area contributed by atoms with E-state index in [0.717, 1.165) is 0 Å². The summed E-state index contributed by atoms with van der Waals surface area (Å²) in [5.41, 5.74) is 6.12. The van der Waals surface area contributed by atoms with Crippen LogP contribution in [0, 0.1) is 0 Å². The SMILES string of the molecule is CC(=O)COC(=O)c1ccccc1N=C(N)CCl. The summed E-state index contributed by atoms with van der Waals surface area (Å²) in [5.74, 6) is -0.586. The maximum Gasteiger partial charge on any atom is 0.340 e. The van der Waals surface area contributed by atoms with Gasteiger partial charge in [0.25, 0.3) is 0 Å². The van der Waals surface area contributed by atoms with Crippen LogP contribution < -0.4 is 5.73 Å². The fraction of sp³-hybridized carbons (Fsp3) is 0.250. The molecular weight excluding hydrogens is 256 g/mol. The third kappa shape index (κ3) is 4.18. The summed E-state index contributed by atoms with van der Waals surface area (Å²) in [6, 6.07) is 6.54. The Labute approximate surface area is 110 Å². The highest BCUT2D eigenvalue weighted by atomic mass is 35.5. The van der Waals surface area contributed by atoms with Gasteiger partial charge in [-0.1, -0.05) is 12.1 Å². The second kappa shape index (κ2) is 6.76. The van der Waals surface area contributed by atoms with Crippen molar-refractivity contribution >= 4 is 34.9 Å². The molecule has 0 saturated carbocycles. The van der Waals surface area contributed by atoms with Gasteiger partial charge >= 0.3 is 5.97 Å². The van der Waals surface area contributed by atoms with E-state index in [1.807, 2.05) is 0 Å². The molecule has 0 spiro atoms. The summed E-state index contributed by atoms with van der Waals surface area (Å²) < 4.78 is 4.81. The normalized spacial score (nSPS) is 11.1. The van der Waals surface area contributed by atoms with E-state index in [1.54, 1.807) is 24.3 Å². The number of hydrogen-bond acceptors (Lipinski definition) is 4. The van der Waals surface area contributed by atoms with Gasteiger partial charge in [-0.05, 0) is 19.1 Å². The Morgan fingerprint density at radius 2 is 2.06 bits per heavy atom. The number of ether oxygens (including phenoxy) is 1. The molecule has 0 amide bonds. The Morgan fingerprint density at radius 3 is 2.67 bits per heavy atom. The summed E-state index contributed by atoms with van der Waals surface area (Å²) >= 11 is 5.52. The molecule has 0 aliphatic carbocycles. The predicted molar refractivity (Wildman–Crippen MR) is 69.4 cm³/mol. The summed E-state index contributed by atoms with van der Waals surface area (Å²) in [4.78, 5) is 26.5. The maximum absolute atomic E-state index is 11.7. The zero-order chi connectivity index (χ0) is 13.5. The van der Waals surface area contributed by atoms with E-state index in [9.17, 15) is 9.59 Å². The Kier molecular flexibility index (Phi) is 5.32. The van der Waals surface area contributed by atoms with Gasteiger partial charge in [-0.25, -0.2) is 9.79 Å². The second-order valence-electron chi connectivity index (χ2n) is 3.53. The van der Waals surface area contributed by atoms with Crippen LogP contribution in [0.15, 0.2) is 29.3 Å². The van der Waals surface area contributed by atoms with E-state index in [1.165, 1.54) is 6.92 Å². The van der Waals surface area contributed by atoms with Crippen molar-refractivity contribution in [2.45, 2.75) is 6.92 Å². The predicted octanol–water partition coefficient (Wildman–Crippen LogP) is 1.66. The molecule has 96 valence electrons. The molecule has 1 rings (SSSR count). The van der Waals surface area contributed by atoms with Gasteiger partial charge in [-0.15, -0.1) is 11.6 Å². The van der Waals surface area contributed by atoms with Crippen LogP contribution >= 0.6 is 11.6 Å². The number of para-hydroxylation sites is 1. The van der Waals surface area contributed by atoms with E-state index in [-0.39, 0.29) is 29.7 Å². The third-order valence-corrected chi connectivity index (χ3v) is 2.21. The molecule has 1 aromatic rings. The van der Waals surface area contributed by atoms with Crippen molar-refractivity contribution in [3.63, 3.8) is 0 Å². The first-order valence-electron chi connectivity index (χ1n) is 5.19. The van der Waals surface area contributed by atoms with Crippen LogP contribution in [0.2, 0.25) is 0 Å². The van der Waals surface area contributed by atoms with Gasteiger partial charge in [0.1, 0.15) is 12.4 Å². The first kappa shape index (κ1) is 14.2. The van der Waals surface area contributed by atoms with Crippen LogP contribution in [0.3, 0.4) is 0 Å². The van der Waals surface area contributed by atoms with E-state index in [2.05, 4.69) is 4.99 Å². The van der Waals surface area contributed by atoms with Crippen molar-refractivity contribution in [2.75, 3.05) is 12.5 Å². The van der Waals surface area contributed by atoms with Crippen molar-refractivity contribution in [2.24, 2.45) is 10.7 Å². The van der Waals surface area contributed by atoms with E-state index in [0.29, 0.717) is 5.69 Å². The number of nitrogens with two attached hydrogens (primary N) is 1. The standard InChI is InChI=1S/C12H13ClN2O3/c1-8(16)7-18-12(17)9-4-2-3-5-10(9)15-11(14)6-13/h2-5H,6-7H2,1H3,(H2,14,15). The topological polar surface area (TPSA) is 81.8 Å². The lowest BCUT2D eigenvalue weighted by Crippen LogP contribution is -2.14. The number of hydrogen-bond donors (Lipinski definition) is 1. The molecule has 0 aliphatic rings. The molecule has 5 nitrogen and oxygen atoms in total. The average Bonchev–Trinajstić information content (AvgIpc) is 2.36. The second-order valence-corrected chi connectivity index (χ2v) is 3.80. The number of nitrogens with zero attached hydrogens (tertiary/aromatic N) is 1. The fourth-order valence-electron chi connectivity index (χ4n) is 1.17. The lowest BCUT2D eigenvalue weighted by molar-refractivity contribution is -0.120. The van der Waals surface area contributed by atoms with Crippen molar-refractivity contribution in [3.8, 4) is 0 Å². The molecular formula is C12H13ClN2O3. The summed E-state index contributed by atoms with van der Waals surface area (Å²) in [5, 5.41) is 0. The molecule has 2 N–H and O–H groups in total. The van der Waals surface area contributed by atoms with Crippen LogP contribution in [0.4, 0.5) is 5.69 Å². The molecule has 0 aliphatic heterocycles. The van der Waals surface area contributed by atoms with Gasteiger partial charge in [0.05, 0.1) is 17.1 Å². The molecule has 0 aromatic heterocycles. The smallest absolute Gasteiger partial charge is 0.340 e. The molecule has 0 fully saturated rings. The number of ketones is 1. The van der Waals surface area contributed by atoms with Crippen LogP contribution in [0.25, 0.3) is 0 Å². The first-order valence-corrected chi connectivity index (χ1v) is 5.72. The number of aliphatic imine (C=N–C) groups is 1. The molecule has 0 heterocycles. The van der Waals surface area contributed by atoms with Crippen LogP contribution in [-0.4, -0.2) is 30.1 Å². The number of rotatable bonds is 5. The maximum atomic E-state index is 11.7. The van der Waals surface area contributed by atoms with Gasteiger partial charge < -0.3 is 10.5 Å². The highest BCUT2D eigenvalue weighted by molar-refractivity contribution is 6.28. The Hall–Kier alpha value is -1.88. The molecule has 18 heavy (non-hydrogen) atoms. The van der Waals surface area contributed by atoms with E-state index in [4.69, 9.17) is 22.1 Å². The minimum absolute atomic E-state index is 0.0663. The number of amidine groups is 1. The van der Waals surface area contributed by atoms with Gasteiger partial charge in [0.2, 0.25) is 0 Å². The number of alkyl halides is 1. The number of carbonyl (C=O) groups excluding carboxylic acids is 2. The van der Waals surface area contributed by atoms with Crippen molar-refractivity contribution < 1.29 is 14.3 Å². The lowest BCUT2D eigenvalue weighted by atomic mass is 10.2. The van der Waals surface area contributed by atoms with Crippen LogP contribution in [-0.2, 0) is 9.53 Å². The number of esters is 1. The summed E-state index contributed by atoms with van der Waals surface area (Å²) in [6.07, 6.45) is 0. The van der Waals surface area contributed by atoms with Crippen LogP contribution in [0.5, 0.6) is 0 Å². The van der Waals surface area contributed by atoms with Gasteiger partial charge in [0.15, 0.2) is 5.78 Å². The minimum Gasteiger partial charge on any atom is -0.454 e. The Morgan fingerprint density at radius 1 is 1.39 bits per heavy atom. The van der Waals surface area contributed by atoms with Crippen molar-refractivity contribution in [1.29, 1.82) is 0 Å². The van der Waals surface area contributed by atoms with Crippen LogP contribution in [0.1, 0.15) is 17.3 Å². The molecule has 0 unspecified atom stereocenters. The Bertz CT molecular complexity index is 486. The minimum atomic E-state index is -0.619. The zero-order valence-corrected chi connectivity index (χ0v) is 10.6. The molecule has 0 bridgehead atoms. The Balaban J connectivity index is 2.94. The highest BCUT2D eigenvalue weighted by Crippen LogP contribution is 2.19. The monoisotopic (exact) mass is 268 g/mol. The van der Waals surface area contributed by atoms with E-state index >= 15 is 0 Å². The summed E-state index contributed by atoms with van der Waals surface area (Å²) in [7, 11) is 0. The van der Waals surface area contributed by atoms with Gasteiger partial charge in [-0.2, -0.15) is 0 Å². The molecule has 6 heteroatoms. The number of halogens is 1. The lowest BCUT2D eigenvalue weighted by Gasteiger charge is -2.05. The van der Waals surface area contributed by atoms with Gasteiger partial charge in [0, 0.05) is 0 Å². The molecule has 0 radical (unpaired) electrons. The summed E-state index contributed by atoms with van der Waals surface area (Å²) in [6.45, 7) is 1.07. The number of benzene rings is 1. The first-order chi connectivity index (χ1) is 8.54. The number of carbonyl (C=O) groups is 2. The molecule has 1 aromatic carbocycles. The van der Waals surface area contributed by atoms with Crippen molar-refractivity contribution in [3.05, 3.63) is 29.8 Å². The quantitative estimate of drug-likeness (QED) is 0.381. The van der Waals surface area contributed by atoms with E-state index < -0.39 is 5.97 Å². The molecule has 0 saturated heterocycles. The largest absolute Gasteiger partial charge is 0.454 e. The van der Waals surface area contributed by atoms with Gasteiger partial charge in [-0.3, -0.25) is 4.79 Å².